The Bertz CT molecular complexity index is 455. The Kier molecular flexibility index (Phi) is 9.31. The first-order valence-corrected chi connectivity index (χ1v) is 12.3. The Balaban J connectivity index is 1.62. The Labute approximate surface area is 175 Å². The van der Waals surface area contributed by atoms with Crippen LogP contribution in [-0.4, -0.2) is 34.5 Å². The van der Waals surface area contributed by atoms with E-state index in [2.05, 4.69) is 44.8 Å². The quantitative estimate of drug-likeness (QED) is 0.387. The van der Waals surface area contributed by atoms with Gasteiger partial charge in [-0.2, -0.15) is 0 Å². The van der Waals surface area contributed by atoms with Gasteiger partial charge in [0.1, 0.15) is 0 Å². The van der Waals surface area contributed by atoms with Gasteiger partial charge in [0.25, 0.3) is 0 Å². The largest absolute Gasteiger partial charge is 0.339 e. The number of likely N-dealkylation sites (tertiary alicyclic amines) is 1. The van der Waals surface area contributed by atoms with E-state index in [0.29, 0.717) is 17.9 Å². The van der Waals surface area contributed by atoms with Crippen LogP contribution in [0.15, 0.2) is 0 Å². The van der Waals surface area contributed by atoms with Gasteiger partial charge in [0.2, 0.25) is 5.91 Å². The fourth-order valence-corrected chi connectivity index (χ4v) is 5.76. The van der Waals surface area contributed by atoms with Gasteiger partial charge < -0.3 is 10.2 Å². The molecule has 1 atom stereocenters. The Morgan fingerprint density at radius 3 is 1.89 bits per heavy atom. The van der Waals surface area contributed by atoms with Crippen LogP contribution >= 0.6 is 0 Å². The van der Waals surface area contributed by atoms with Crippen molar-refractivity contribution in [3.63, 3.8) is 0 Å². The predicted molar refractivity (Wildman–Crippen MR) is 121 cm³/mol. The lowest BCUT2D eigenvalue weighted by molar-refractivity contribution is -0.134. The van der Waals surface area contributed by atoms with E-state index in [1.54, 1.807) is 0 Å². The monoisotopic (exact) mass is 392 g/mol. The highest BCUT2D eigenvalue weighted by molar-refractivity contribution is 5.81. The normalized spacial score (nSPS) is 24.8. The molecule has 0 aliphatic carbocycles. The Morgan fingerprint density at radius 1 is 0.857 bits per heavy atom. The molecule has 2 saturated heterocycles. The zero-order valence-electron chi connectivity index (χ0n) is 19.6. The molecule has 3 nitrogen and oxygen atoms in total. The fraction of sp³-hybridized carbons (Fsp3) is 0.960. The Hall–Kier alpha value is -0.570. The number of piperidine rings is 1. The van der Waals surface area contributed by atoms with Crippen molar-refractivity contribution in [2.24, 2.45) is 5.92 Å². The van der Waals surface area contributed by atoms with Gasteiger partial charge in [-0.1, -0.05) is 71.1 Å². The van der Waals surface area contributed by atoms with Crippen molar-refractivity contribution in [2.75, 3.05) is 6.54 Å². The van der Waals surface area contributed by atoms with E-state index in [-0.39, 0.29) is 11.1 Å². The van der Waals surface area contributed by atoms with Crippen LogP contribution in [0.1, 0.15) is 125 Å². The van der Waals surface area contributed by atoms with E-state index >= 15 is 0 Å². The molecule has 1 amide bonds. The molecule has 0 saturated carbocycles. The van der Waals surface area contributed by atoms with Crippen molar-refractivity contribution < 1.29 is 4.79 Å². The van der Waals surface area contributed by atoms with E-state index in [9.17, 15) is 4.79 Å². The van der Waals surface area contributed by atoms with Crippen molar-refractivity contribution in [2.45, 2.75) is 142 Å². The standard InChI is InChI=1S/C25H48N2O/c1-6-7-8-9-10-11-12-13-14-15-16-21-17-18-27(23(21)28)22-19-24(2,3)26-25(4,5)20-22/h21-22,26H,6-20H2,1-5H3. The van der Waals surface area contributed by atoms with Gasteiger partial charge in [-0.25, -0.2) is 0 Å². The summed E-state index contributed by atoms with van der Waals surface area (Å²) < 4.78 is 0. The molecule has 1 N–H and O–H groups in total. The average molecular weight is 393 g/mol. The van der Waals surface area contributed by atoms with Crippen LogP contribution in [0.2, 0.25) is 0 Å². The third kappa shape index (κ3) is 7.69. The molecule has 1 unspecified atom stereocenters. The molecule has 2 aliphatic heterocycles. The number of carbonyl (C=O) groups excluding carboxylic acids is 1. The van der Waals surface area contributed by atoms with Crippen LogP contribution in [0, 0.1) is 5.92 Å². The molecule has 2 rings (SSSR count). The molecule has 0 aromatic rings. The smallest absolute Gasteiger partial charge is 0.225 e. The molecule has 28 heavy (non-hydrogen) atoms. The molecule has 2 heterocycles. The van der Waals surface area contributed by atoms with Crippen molar-refractivity contribution in [3.05, 3.63) is 0 Å². The number of hydrogen-bond acceptors (Lipinski definition) is 2. The maximum absolute atomic E-state index is 13.0. The number of unbranched alkanes of at least 4 members (excludes halogenated alkanes) is 9. The highest BCUT2D eigenvalue weighted by Crippen LogP contribution is 2.35. The summed E-state index contributed by atoms with van der Waals surface area (Å²) in [6.07, 6.45) is 18.0. The summed E-state index contributed by atoms with van der Waals surface area (Å²) in [5.41, 5.74) is 0.225. The van der Waals surface area contributed by atoms with E-state index < -0.39 is 0 Å². The summed E-state index contributed by atoms with van der Waals surface area (Å²) in [6.45, 7) is 12.4. The van der Waals surface area contributed by atoms with Gasteiger partial charge in [0.15, 0.2) is 0 Å². The summed E-state index contributed by atoms with van der Waals surface area (Å²) in [5, 5.41) is 3.75. The van der Waals surface area contributed by atoms with E-state index in [0.717, 1.165) is 32.2 Å². The first kappa shape index (κ1) is 23.7. The molecule has 0 aromatic carbocycles. The second kappa shape index (κ2) is 11.0. The Morgan fingerprint density at radius 2 is 1.36 bits per heavy atom. The van der Waals surface area contributed by atoms with E-state index in [4.69, 9.17) is 0 Å². The molecule has 0 bridgehead atoms. The van der Waals surface area contributed by atoms with Gasteiger partial charge in [-0.3, -0.25) is 4.79 Å². The lowest BCUT2D eigenvalue weighted by atomic mass is 9.79. The third-order valence-corrected chi connectivity index (χ3v) is 6.87. The zero-order valence-corrected chi connectivity index (χ0v) is 19.6. The van der Waals surface area contributed by atoms with Gasteiger partial charge in [-0.05, 0) is 53.4 Å². The lowest BCUT2D eigenvalue weighted by Gasteiger charge is -2.49. The number of nitrogens with zero attached hydrogens (tertiary/aromatic N) is 1. The molecule has 2 aliphatic rings. The second-order valence-corrected chi connectivity index (χ2v) is 10.9. The van der Waals surface area contributed by atoms with Crippen molar-refractivity contribution >= 4 is 5.91 Å². The summed E-state index contributed by atoms with van der Waals surface area (Å²) in [4.78, 5) is 15.3. The minimum absolute atomic E-state index is 0.112. The molecule has 0 aromatic heterocycles. The summed E-state index contributed by atoms with van der Waals surface area (Å²) in [5.74, 6) is 0.754. The topological polar surface area (TPSA) is 32.3 Å². The maximum Gasteiger partial charge on any atom is 0.225 e. The van der Waals surface area contributed by atoms with Crippen LogP contribution in [-0.2, 0) is 4.79 Å². The summed E-state index contributed by atoms with van der Waals surface area (Å²) in [6, 6.07) is 0.413. The number of nitrogens with one attached hydrogen (secondary N) is 1. The molecule has 164 valence electrons. The molecule has 3 heteroatoms. The molecule has 0 radical (unpaired) electrons. The van der Waals surface area contributed by atoms with Crippen LogP contribution in [0.4, 0.5) is 0 Å². The molecular weight excluding hydrogens is 344 g/mol. The van der Waals surface area contributed by atoms with Crippen LogP contribution in [0.25, 0.3) is 0 Å². The first-order valence-electron chi connectivity index (χ1n) is 12.3. The van der Waals surface area contributed by atoms with E-state index in [1.165, 1.54) is 64.2 Å². The van der Waals surface area contributed by atoms with Crippen molar-refractivity contribution in [1.82, 2.24) is 10.2 Å². The van der Waals surface area contributed by atoms with Gasteiger partial charge in [0.05, 0.1) is 0 Å². The second-order valence-electron chi connectivity index (χ2n) is 10.9. The lowest BCUT2D eigenvalue weighted by Crippen LogP contribution is -2.62. The van der Waals surface area contributed by atoms with Crippen LogP contribution < -0.4 is 5.32 Å². The van der Waals surface area contributed by atoms with Gasteiger partial charge in [0, 0.05) is 29.6 Å². The summed E-state index contributed by atoms with van der Waals surface area (Å²) >= 11 is 0. The highest BCUT2D eigenvalue weighted by Gasteiger charge is 2.44. The molecule has 0 spiro atoms. The molecular formula is C25H48N2O. The van der Waals surface area contributed by atoms with Crippen LogP contribution in [0.3, 0.4) is 0 Å². The van der Waals surface area contributed by atoms with E-state index in [1.807, 2.05) is 0 Å². The minimum Gasteiger partial charge on any atom is -0.339 e. The number of amides is 1. The van der Waals surface area contributed by atoms with Crippen molar-refractivity contribution in [1.29, 1.82) is 0 Å². The van der Waals surface area contributed by atoms with Gasteiger partial charge in [-0.15, -0.1) is 0 Å². The van der Waals surface area contributed by atoms with Crippen molar-refractivity contribution in [3.8, 4) is 0 Å². The van der Waals surface area contributed by atoms with Crippen LogP contribution in [0.5, 0.6) is 0 Å². The van der Waals surface area contributed by atoms with Gasteiger partial charge >= 0.3 is 0 Å². The highest BCUT2D eigenvalue weighted by atomic mass is 16.2. The number of carbonyl (C=O) groups is 1. The third-order valence-electron chi connectivity index (χ3n) is 6.87. The first-order chi connectivity index (χ1) is 13.2. The fourth-order valence-electron chi connectivity index (χ4n) is 5.76. The number of rotatable bonds is 12. The minimum atomic E-state index is 0.112. The predicted octanol–water partition coefficient (Wildman–Crippen LogP) is 6.46. The number of hydrogen-bond donors (Lipinski definition) is 1. The average Bonchev–Trinajstić information content (AvgIpc) is 2.94. The zero-order chi connectivity index (χ0) is 20.6. The summed E-state index contributed by atoms with van der Waals surface area (Å²) in [7, 11) is 0. The maximum atomic E-state index is 13.0. The molecule has 2 fully saturated rings. The SMILES string of the molecule is CCCCCCCCCCCCC1CCN(C2CC(C)(C)NC(C)(C)C2)C1=O.